The molecule has 1 heterocycles. The average molecular weight is 416 g/mol. The number of furan rings is 1. The van der Waals surface area contributed by atoms with Crippen LogP contribution in [0.3, 0.4) is 0 Å². The highest BCUT2D eigenvalue weighted by Gasteiger charge is 2.10. The zero-order valence-electron chi connectivity index (χ0n) is 14.5. The molecule has 0 saturated heterocycles. The second-order valence-electron chi connectivity index (χ2n) is 5.89. The lowest BCUT2D eigenvalue weighted by Gasteiger charge is -2.03. The normalized spacial score (nSPS) is 10.9. The van der Waals surface area contributed by atoms with Gasteiger partial charge in [-0.1, -0.05) is 41.4 Å². The summed E-state index contributed by atoms with van der Waals surface area (Å²) in [5, 5.41) is 12.3. The van der Waals surface area contributed by atoms with E-state index in [-0.39, 0.29) is 12.3 Å². The summed E-state index contributed by atoms with van der Waals surface area (Å²) in [6.07, 6.45) is 2.81. The smallest absolute Gasteiger partial charge is 0.307 e. The predicted octanol–water partition coefficient (Wildman–Crippen LogP) is 5.53. The Kier molecular flexibility index (Phi) is 6.19. The predicted molar refractivity (Wildman–Crippen MR) is 110 cm³/mol. The molecule has 7 heteroatoms. The van der Waals surface area contributed by atoms with Gasteiger partial charge in [0.1, 0.15) is 11.5 Å². The molecule has 0 unspecified atom stereocenters. The van der Waals surface area contributed by atoms with Crippen LogP contribution in [-0.2, 0) is 16.0 Å². The number of carboxylic acid groups (broad SMARTS) is 1. The van der Waals surface area contributed by atoms with E-state index in [1.54, 1.807) is 54.6 Å². The Balaban J connectivity index is 1.64. The van der Waals surface area contributed by atoms with Crippen molar-refractivity contribution in [1.82, 2.24) is 0 Å². The molecule has 1 amide bonds. The standard InChI is InChI=1S/C21H15Cl2NO4/c22-17-3-1-2-16(21(17)23)18-10-8-15(28-18)9-11-19(25)24-14-6-4-13(5-7-14)12-20(26)27/h1-11H,12H2,(H,24,25)(H,26,27)/b11-9+. The molecule has 142 valence electrons. The molecule has 0 bridgehead atoms. The maximum atomic E-state index is 12.1. The highest BCUT2D eigenvalue weighted by molar-refractivity contribution is 6.43. The zero-order chi connectivity index (χ0) is 20.1. The van der Waals surface area contributed by atoms with Crippen LogP contribution in [0.25, 0.3) is 17.4 Å². The number of carbonyl (C=O) groups is 2. The van der Waals surface area contributed by atoms with Gasteiger partial charge in [0, 0.05) is 17.3 Å². The van der Waals surface area contributed by atoms with Crippen molar-refractivity contribution in [2.24, 2.45) is 0 Å². The molecule has 0 radical (unpaired) electrons. The molecule has 2 aromatic carbocycles. The first-order valence-corrected chi connectivity index (χ1v) is 9.02. The van der Waals surface area contributed by atoms with Gasteiger partial charge in [-0.2, -0.15) is 0 Å². The number of carboxylic acids is 1. The average Bonchev–Trinajstić information content (AvgIpc) is 3.12. The molecule has 0 fully saturated rings. The zero-order valence-corrected chi connectivity index (χ0v) is 16.0. The fourth-order valence-electron chi connectivity index (χ4n) is 2.50. The number of carbonyl (C=O) groups excluding carboxylic acids is 1. The van der Waals surface area contributed by atoms with E-state index in [9.17, 15) is 9.59 Å². The molecule has 0 aliphatic rings. The lowest BCUT2D eigenvalue weighted by atomic mass is 10.1. The molecule has 0 saturated carbocycles. The van der Waals surface area contributed by atoms with Gasteiger partial charge >= 0.3 is 5.97 Å². The maximum absolute atomic E-state index is 12.1. The van der Waals surface area contributed by atoms with Gasteiger partial charge in [0.25, 0.3) is 0 Å². The first kappa shape index (κ1) is 19.7. The third-order valence-corrected chi connectivity index (χ3v) is 4.64. The van der Waals surface area contributed by atoms with Crippen LogP contribution < -0.4 is 5.32 Å². The summed E-state index contributed by atoms with van der Waals surface area (Å²) >= 11 is 12.2. The van der Waals surface area contributed by atoms with Gasteiger partial charge in [0.2, 0.25) is 5.91 Å². The molecule has 0 aliphatic carbocycles. The molecular formula is C21H15Cl2NO4. The lowest BCUT2D eigenvalue weighted by Crippen LogP contribution is -2.08. The van der Waals surface area contributed by atoms with Crippen LogP contribution in [0.15, 0.2) is 65.1 Å². The first-order valence-electron chi connectivity index (χ1n) is 8.26. The van der Waals surface area contributed by atoms with Crippen molar-refractivity contribution in [3.63, 3.8) is 0 Å². The fourth-order valence-corrected chi connectivity index (χ4v) is 2.90. The van der Waals surface area contributed by atoms with E-state index in [1.165, 1.54) is 12.2 Å². The Bertz CT molecular complexity index is 1040. The minimum atomic E-state index is -0.906. The molecule has 28 heavy (non-hydrogen) atoms. The van der Waals surface area contributed by atoms with E-state index in [0.29, 0.717) is 38.4 Å². The third-order valence-electron chi connectivity index (χ3n) is 3.82. The van der Waals surface area contributed by atoms with Crippen molar-refractivity contribution in [3.05, 3.63) is 82.0 Å². The van der Waals surface area contributed by atoms with Crippen LogP contribution >= 0.6 is 23.2 Å². The third kappa shape index (κ3) is 5.03. The quantitative estimate of drug-likeness (QED) is 0.518. The molecule has 0 atom stereocenters. The summed E-state index contributed by atoms with van der Waals surface area (Å²) in [7, 11) is 0. The highest BCUT2D eigenvalue weighted by atomic mass is 35.5. The number of amides is 1. The minimum Gasteiger partial charge on any atom is -0.481 e. The van der Waals surface area contributed by atoms with Gasteiger partial charge in [-0.3, -0.25) is 9.59 Å². The number of hydrogen-bond donors (Lipinski definition) is 2. The fraction of sp³-hybridized carbons (Fsp3) is 0.0476. The summed E-state index contributed by atoms with van der Waals surface area (Å²) in [5.41, 5.74) is 1.89. The van der Waals surface area contributed by atoms with Crippen molar-refractivity contribution in [3.8, 4) is 11.3 Å². The lowest BCUT2D eigenvalue weighted by molar-refractivity contribution is -0.136. The number of halogens is 2. The largest absolute Gasteiger partial charge is 0.481 e. The van der Waals surface area contributed by atoms with Crippen molar-refractivity contribution in [2.75, 3.05) is 5.32 Å². The van der Waals surface area contributed by atoms with E-state index in [0.717, 1.165) is 0 Å². The Morgan fingerprint density at radius 3 is 2.50 bits per heavy atom. The summed E-state index contributed by atoms with van der Waals surface area (Å²) in [4.78, 5) is 22.7. The van der Waals surface area contributed by atoms with Crippen LogP contribution in [0.4, 0.5) is 5.69 Å². The van der Waals surface area contributed by atoms with E-state index in [1.807, 2.05) is 0 Å². The number of rotatable bonds is 6. The second kappa shape index (κ2) is 8.78. The molecule has 0 aliphatic heterocycles. The van der Waals surface area contributed by atoms with Crippen molar-refractivity contribution >= 4 is 46.8 Å². The van der Waals surface area contributed by atoms with E-state index in [4.69, 9.17) is 32.7 Å². The van der Waals surface area contributed by atoms with E-state index in [2.05, 4.69) is 5.32 Å². The van der Waals surface area contributed by atoms with Gasteiger partial charge < -0.3 is 14.8 Å². The molecular weight excluding hydrogens is 401 g/mol. The van der Waals surface area contributed by atoms with Crippen molar-refractivity contribution in [1.29, 1.82) is 0 Å². The Morgan fingerprint density at radius 1 is 1.04 bits per heavy atom. The summed E-state index contributed by atoms with van der Waals surface area (Å²) in [5.74, 6) is -0.221. The topological polar surface area (TPSA) is 79.5 Å². The molecule has 5 nitrogen and oxygen atoms in total. The van der Waals surface area contributed by atoms with Crippen LogP contribution in [0.1, 0.15) is 11.3 Å². The van der Waals surface area contributed by atoms with Gasteiger partial charge in [-0.05, 0) is 48.0 Å². The first-order chi connectivity index (χ1) is 13.4. The van der Waals surface area contributed by atoms with Gasteiger partial charge in [-0.15, -0.1) is 0 Å². The number of benzene rings is 2. The SMILES string of the molecule is O=C(O)Cc1ccc(NC(=O)/C=C/c2ccc(-c3cccc(Cl)c3Cl)o2)cc1. The Hall–Kier alpha value is -3.02. The number of nitrogens with one attached hydrogen (secondary N) is 1. The van der Waals surface area contributed by atoms with Crippen LogP contribution in [0, 0.1) is 0 Å². The summed E-state index contributed by atoms with van der Waals surface area (Å²) < 4.78 is 5.69. The monoisotopic (exact) mass is 415 g/mol. The molecule has 2 N–H and O–H groups in total. The summed E-state index contributed by atoms with van der Waals surface area (Å²) in [6.45, 7) is 0. The van der Waals surface area contributed by atoms with E-state index < -0.39 is 5.97 Å². The molecule has 3 aromatic rings. The summed E-state index contributed by atoms with van der Waals surface area (Å²) in [6, 6.07) is 15.3. The van der Waals surface area contributed by atoms with Crippen molar-refractivity contribution in [2.45, 2.75) is 6.42 Å². The minimum absolute atomic E-state index is 0.0639. The van der Waals surface area contributed by atoms with Crippen molar-refractivity contribution < 1.29 is 19.1 Å². The number of hydrogen-bond acceptors (Lipinski definition) is 3. The van der Waals surface area contributed by atoms with Gasteiger partial charge in [0.15, 0.2) is 0 Å². The van der Waals surface area contributed by atoms with Crippen LogP contribution in [-0.4, -0.2) is 17.0 Å². The highest BCUT2D eigenvalue weighted by Crippen LogP contribution is 2.34. The van der Waals surface area contributed by atoms with E-state index >= 15 is 0 Å². The van der Waals surface area contributed by atoms with Crippen LogP contribution in [0.2, 0.25) is 10.0 Å². The van der Waals surface area contributed by atoms with Gasteiger partial charge in [0.05, 0.1) is 16.5 Å². The second-order valence-corrected chi connectivity index (χ2v) is 6.68. The number of aliphatic carboxylic acids is 1. The van der Waals surface area contributed by atoms with Gasteiger partial charge in [-0.25, -0.2) is 0 Å². The molecule has 0 spiro atoms. The van der Waals surface area contributed by atoms with Crippen LogP contribution in [0.5, 0.6) is 0 Å². The number of anilines is 1. The molecule has 1 aromatic heterocycles. The Labute approximate surface area is 171 Å². The molecule has 3 rings (SSSR count). The Morgan fingerprint density at radius 2 is 1.79 bits per heavy atom. The maximum Gasteiger partial charge on any atom is 0.307 e.